The van der Waals surface area contributed by atoms with Crippen molar-refractivity contribution in [1.29, 1.82) is 0 Å². The van der Waals surface area contributed by atoms with Crippen LogP contribution in [-0.4, -0.2) is 25.5 Å². The molecule has 170 valence electrons. The van der Waals surface area contributed by atoms with Crippen LogP contribution in [0, 0.1) is 0 Å². The Morgan fingerprint density at radius 3 is 2.61 bits per heavy atom. The third-order valence-corrected chi connectivity index (χ3v) is 7.79. The molecule has 1 aliphatic heterocycles. The largest absolute Gasteiger partial charge is 0.465 e. The second-order valence-electron chi connectivity index (χ2n) is 8.71. The van der Waals surface area contributed by atoms with Gasteiger partial charge in [0.05, 0.1) is 12.7 Å². The van der Waals surface area contributed by atoms with Crippen LogP contribution in [0.15, 0.2) is 48.5 Å². The van der Waals surface area contributed by atoms with Crippen LogP contribution in [0.1, 0.15) is 61.5 Å². The van der Waals surface area contributed by atoms with Crippen molar-refractivity contribution in [2.24, 2.45) is 0 Å². The van der Waals surface area contributed by atoms with Crippen LogP contribution in [0.5, 0.6) is 0 Å². The molecule has 0 saturated carbocycles. The Labute approximate surface area is 198 Å². The number of thiophene rings is 1. The van der Waals surface area contributed by atoms with Crippen molar-refractivity contribution >= 4 is 33.9 Å². The van der Waals surface area contributed by atoms with Crippen molar-refractivity contribution < 1.29 is 14.3 Å². The van der Waals surface area contributed by atoms with E-state index in [1.165, 1.54) is 40.1 Å². The highest BCUT2D eigenvalue weighted by molar-refractivity contribution is 7.17. The summed E-state index contributed by atoms with van der Waals surface area (Å²) in [7, 11) is 1.39. The number of esters is 1. The summed E-state index contributed by atoms with van der Waals surface area (Å²) in [5, 5.41) is 3.59. The van der Waals surface area contributed by atoms with E-state index in [9.17, 15) is 9.59 Å². The lowest BCUT2D eigenvalue weighted by atomic mass is 9.95. The number of amides is 1. The van der Waals surface area contributed by atoms with Crippen LogP contribution in [0.3, 0.4) is 0 Å². The summed E-state index contributed by atoms with van der Waals surface area (Å²) in [4.78, 5) is 29.0. The van der Waals surface area contributed by atoms with Gasteiger partial charge in [-0.05, 0) is 73.4 Å². The molecule has 0 bridgehead atoms. The van der Waals surface area contributed by atoms with Crippen LogP contribution in [0.2, 0.25) is 0 Å². The second-order valence-corrected chi connectivity index (χ2v) is 9.82. The van der Waals surface area contributed by atoms with Gasteiger partial charge in [0.2, 0.25) is 0 Å². The number of rotatable bonds is 5. The smallest absolute Gasteiger partial charge is 0.341 e. The van der Waals surface area contributed by atoms with E-state index in [0.717, 1.165) is 57.2 Å². The number of nitrogens with zero attached hydrogens (tertiary/aromatic N) is 1. The molecule has 2 aliphatic rings. The highest BCUT2D eigenvalue weighted by atomic mass is 32.1. The summed E-state index contributed by atoms with van der Waals surface area (Å²) < 4.78 is 5.01. The first kappa shape index (κ1) is 21.7. The molecule has 2 heterocycles. The van der Waals surface area contributed by atoms with Crippen molar-refractivity contribution in [3.05, 3.63) is 81.2 Å². The molecule has 33 heavy (non-hydrogen) atoms. The molecule has 5 rings (SSSR count). The van der Waals surface area contributed by atoms with Gasteiger partial charge in [0.1, 0.15) is 5.00 Å². The number of aryl methyl sites for hydroxylation is 2. The topological polar surface area (TPSA) is 58.6 Å². The number of hydrogen-bond acceptors (Lipinski definition) is 5. The van der Waals surface area contributed by atoms with Gasteiger partial charge in [-0.15, -0.1) is 11.3 Å². The summed E-state index contributed by atoms with van der Waals surface area (Å²) in [6, 6.07) is 16.4. The van der Waals surface area contributed by atoms with E-state index in [4.69, 9.17) is 4.74 Å². The van der Waals surface area contributed by atoms with Crippen LogP contribution < -0.4 is 10.2 Å². The Balaban J connectivity index is 1.31. The molecule has 0 spiro atoms. The van der Waals surface area contributed by atoms with Crippen molar-refractivity contribution in [2.75, 3.05) is 23.9 Å². The lowest BCUT2D eigenvalue weighted by Gasteiger charge is -2.31. The number of nitrogens with one attached hydrogen (secondary N) is 1. The van der Waals surface area contributed by atoms with Gasteiger partial charge < -0.3 is 15.0 Å². The van der Waals surface area contributed by atoms with E-state index in [0.29, 0.717) is 16.1 Å². The van der Waals surface area contributed by atoms with Crippen molar-refractivity contribution in [2.45, 2.75) is 45.1 Å². The Morgan fingerprint density at radius 2 is 1.79 bits per heavy atom. The number of hydrogen-bond donors (Lipinski definition) is 1. The predicted octanol–water partition coefficient (Wildman–Crippen LogP) is 5.62. The summed E-state index contributed by atoms with van der Waals surface area (Å²) in [6.07, 6.45) is 6.28. The lowest BCUT2D eigenvalue weighted by Crippen LogP contribution is -2.28. The third-order valence-electron chi connectivity index (χ3n) is 6.58. The minimum atomic E-state index is -0.373. The normalized spacial score (nSPS) is 14.9. The van der Waals surface area contributed by atoms with Crippen LogP contribution in [0.25, 0.3) is 0 Å². The number of benzene rings is 2. The second kappa shape index (κ2) is 9.40. The zero-order valence-electron chi connectivity index (χ0n) is 18.9. The summed E-state index contributed by atoms with van der Waals surface area (Å²) in [6.45, 7) is 1.86. The van der Waals surface area contributed by atoms with Gasteiger partial charge in [0.25, 0.3) is 5.91 Å². The molecule has 6 heteroatoms. The van der Waals surface area contributed by atoms with Gasteiger partial charge in [0.15, 0.2) is 0 Å². The van der Waals surface area contributed by atoms with Crippen molar-refractivity contribution in [3.8, 4) is 0 Å². The fourth-order valence-electron chi connectivity index (χ4n) is 4.90. The maximum atomic E-state index is 13.0. The lowest BCUT2D eigenvalue weighted by molar-refractivity contribution is 0.0601. The first-order valence-corrected chi connectivity index (χ1v) is 12.4. The van der Waals surface area contributed by atoms with Crippen molar-refractivity contribution in [3.63, 3.8) is 0 Å². The molecule has 1 aliphatic carbocycles. The van der Waals surface area contributed by atoms with E-state index < -0.39 is 0 Å². The number of ether oxygens (including phenoxy) is 1. The average Bonchev–Trinajstić information content (AvgIpc) is 3.22. The first-order chi connectivity index (χ1) is 16.1. The predicted molar refractivity (Wildman–Crippen MR) is 133 cm³/mol. The van der Waals surface area contributed by atoms with Crippen LogP contribution in [-0.2, 0) is 30.5 Å². The summed E-state index contributed by atoms with van der Waals surface area (Å²) >= 11 is 1.51. The maximum Gasteiger partial charge on any atom is 0.341 e. The molecule has 0 unspecified atom stereocenters. The van der Waals surface area contributed by atoms with Crippen molar-refractivity contribution in [1.82, 2.24) is 0 Å². The molecule has 1 N–H and O–H groups in total. The minimum absolute atomic E-state index is 0.200. The number of fused-ring (bicyclic) bond motifs is 2. The number of carbonyl (C=O) groups is 2. The van der Waals surface area contributed by atoms with Gasteiger partial charge in [-0.2, -0.15) is 0 Å². The Hall–Kier alpha value is -3.12. The maximum absolute atomic E-state index is 13.0. The highest BCUT2D eigenvalue weighted by Gasteiger charge is 2.27. The molecular weight excluding hydrogens is 432 g/mol. The van der Waals surface area contributed by atoms with E-state index in [2.05, 4.69) is 34.5 Å². The van der Waals surface area contributed by atoms with Gasteiger partial charge in [-0.3, -0.25) is 4.79 Å². The Bertz CT molecular complexity index is 1180. The molecule has 0 fully saturated rings. The fourth-order valence-corrected chi connectivity index (χ4v) is 6.18. The molecule has 5 nitrogen and oxygen atoms in total. The molecule has 1 aromatic heterocycles. The number of para-hydroxylation sites is 1. The Morgan fingerprint density at radius 1 is 1.00 bits per heavy atom. The molecule has 1 amide bonds. The zero-order chi connectivity index (χ0) is 22.8. The zero-order valence-corrected chi connectivity index (χ0v) is 19.7. The molecular formula is C27H28N2O3S. The molecule has 3 aromatic rings. The number of carbonyl (C=O) groups excluding carboxylic acids is 2. The summed E-state index contributed by atoms with van der Waals surface area (Å²) in [5.41, 5.74) is 6.05. The number of anilines is 2. The first-order valence-electron chi connectivity index (χ1n) is 11.6. The molecule has 0 atom stereocenters. The Kier molecular flexibility index (Phi) is 6.18. The van der Waals surface area contributed by atoms with E-state index >= 15 is 0 Å². The van der Waals surface area contributed by atoms with Gasteiger partial charge in [-0.1, -0.05) is 30.3 Å². The standard InChI is InChI=1S/C27H28N2O3S/c1-32-27(31)24-21-9-3-5-11-23(21)33-26(24)28-25(30)20-14-12-18(13-15-20)17-29-16-6-8-19-7-2-4-10-22(19)29/h2,4,7,10,12-15H,3,5-6,8-9,11,16-17H2,1H3,(H,28,30). The van der Waals surface area contributed by atoms with Crippen LogP contribution >= 0.6 is 11.3 Å². The van der Waals surface area contributed by atoms with Gasteiger partial charge >= 0.3 is 5.97 Å². The summed E-state index contributed by atoms with van der Waals surface area (Å²) in [5.74, 6) is -0.574. The van der Waals surface area contributed by atoms with Gasteiger partial charge in [-0.25, -0.2) is 4.79 Å². The average molecular weight is 461 g/mol. The molecule has 0 radical (unpaired) electrons. The third kappa shape index (κ3) is 4.40. The SMILES string of the molecule is COC(=O)c1c(NC(=O)c2ccc(CN3CCCc4ccccc43)cc2)sc2c1CCCC2. The highest BCUT2D eigenvalue weighted by Crippen LogP contribution is 2.38. The molecule has 0 saturated heterocycles. The van der Waals surface area contributed by atoms with Gasteiger partial charge in [0, 0.05) is 29.2 Å². The quantitative estimate of drug-likeness (QED) is 0.502. The molecule has 2 aromatic carbocycles. The fraction of sp³-hybridized carbons (Fsp3) is 0.333. The van der Waals surface area contributed by atoms with Crippen LogP contribution in [0.4, 0.5) is 10.7 Å². The minimum Gasteiger partial charge on any atom is -0.465 e. The van der Waals surface area contributed by atoms with E-state index in [1.54, 1.807) is 0 Å². The monoisotopic (exact) mass is 460 g/mol. The van der Waals surface area contributed by atoms with E-state index in [-0.39, 0.29) is 11.9 Å². The number of methoxy groups -OCH3 is 1. The van der Waals surface area contributed by atoms with E-state index in [1.807, 2.05) is 24.3 Å².